The third-order valence-electron chi connectivity index (χ3n) is 5.58. The number of carbonyl (C=O) groups excluding carboxylic acids is 3. The second-order valence-electron chi connectivity index (χ2n) is 8.49. The molecule has 4 aromatic rings. The normalized spacial score (nSPS) is 10.6. The minimum Gasteiger partial charge on any atom is -0.490 e. The van der Waals surface area contributed by atoms with Crippen molar-refractivity contribution in [2.45, 2.75) is 13.8 Å². The van der Waals surface area contributed by atoms with Crippen LogP contribution in [-0.4, -0.2) is 30.6 Å². The Kier molecular flexibility index (Phi) is 8.82. The first-order chi connectivity index (χ1) is 18.9. The molecule has 2 N–H and O–H groups in total. The van der Waals surface area contributed by atoms with Gasteiger partial charge in [0.2, 0.25) is 0 Å². The molecule has 8 nitrogen and oxygen atoms in total. The minimum absolute atomic E-state index is 0.232. The highest BCUT2D eigenvalue weighted by Crippen LogP contribution is 2.29. The van der Waals surface area contributed by atoms with Crippen LogP contribution in [0.4, 0.5) is 5.69 Å². The first kappa shape index (κ1) is 26.8. The molecular formula is C31H27N3O5. The van der Waals surface area contributed by atoms with Crippen LogP contribution >= 0.6 is 0 Å². The largest absolute Gasteiger partial charge is 0.490 e. The SMILES string of the molecule is CCOc1cc(/C=N\NC(=O)c2ccc(NC(=O)c3ccc(C)cc3)cc2)ccc1OC(=O)c1ccccc1. The van der Waals surface area contributed by atoms with Crippen molar-refractivity contribution in [2.24, 2.45) is 5.10 Å². The number of nitrogens with zero attached hydrogens (tertiary/aromatic N) is 1. The number of aryl methyl sites for hydroxylation is 1. The van der Waals surface area contributed by atoms with Gasteiger partial charge in [-0.3, -0.25) is 9.59 Å². The maximum atomic E-state index is 12.5. The molecule has 0 atom stereocenters. The molecule has 8 heteroatoms. The van der Waals surface area contributed by atoms with Gasteiger partial charge in [0.15, 0.2) is 11.5 Å². The number of nitrogens with one attached hydrogen (secondary N) is 2. The standard InChI is InChI=1S/C31H27N3O5/c1-3-38-28-19-22(11-18-27(28)39-31(37)25-7-5-4-6-8-25)20-32-34-30(36)24-14-16-26(17-15-24)33-29(35)23-12-9-21(2)10-13-23/h4-20H,3H2,1-2H3,(H,33,35)(H,34,36)/b32-20-. The fraction of sp³-hybridized carbons (Fsp3) is 0.0968. The van der Waals surface area contributed by atoms with Gasteiger partial charge in [-0.1, -0.05) is 35.9 Å². The van der Waals surface area contributed by atoms with E-state index in [1.807, 2.05) is 32.0 Å². The van der Waals surface area contributed by atoms with Crippen LogP contribution in [0.1, 0.15) is 49.1 Å². The molecule has 2 amide bonds. The quantitative estimate of drug-likeness (QED) is 0.129. The molecular weight excluding hydrogens is 494 g/mol. The Morgan fingerprint density at radius 3 is 2.13 bits per heavy atom. The third kappa shape index (κ3) is 7.39. The van der Waals surface area contributed by atoms with E-state index in [2.05, 4.69) is 15.8 Å². The van der Waals surface area contributed by atoms with Crippen LogP contribution in [0.2, 0.25) is 0 Å². The molecule has 0 radical (unpaired) electrons. The molecule has 196 valence electrons. The molecule has 0 aromatic heterocycles. The lowest BCUT2D eigenvalue weighted by molar-refractivity contribution is 0.0728. The zero-order chi connectivity index (χ0) is 27.6. The van der Waals surface area contributed by atoms with E-state index in [1.54, 1.807) is 78.9 Å². The van der Waals surface area contributed by atoms with Gasteiger partial charge in [0.25, 0.3) is 11.8 Å². The van der Waals surface area contributed by atoms with Gasteiger partial charge in [0.1, 0.15) is 0 Å². The summed E-state index contributed by atoms with van der Waals surface area (Å²) in [6.45, 7) is 4.15. The summed E-state index contributed by atoms with van der Waals surface area (Å²) in [5.74, 6) is -0.488. The molecule has 0 saturated heterocycles. The Labute approximate surface area is 226 Å². The molecule has 0 fully saturated rings. The van der Waals surface area contributed by atoms with Gasteiger partial charge in [-0.2, -0.15) is 5.10 Å². The lowest BCUT2D eigenvalue weighted by Crippen LogP contribution is -2.18. The average molecular weight is 522 g/mol. The first-order valence-corrected chi connectivity index (χ1v) is 12.3. The van der Waals surface area contributed by atoms with Gasteiger partial charge < -0.3 is 14.8 Å². The van der Waals surface area contributed by atoms with Crippen LogP contribution in [0.15, 0.2) is 102 Å². The maximum Gasteiger partial charge on any atom is 0.343 e. The summed E-state index contributed by atoms with van der Waals surface area (Å²) in [5, 5.41) is 6.82. The summed E-state index contributed by atoms with van der Waals surface area (Å²) >= 11 is 0. The second kappa shape index (κ2) is 12.8. The molecule has 4 aromatic carbocycles. The van der Waals surface area contributed by atoms with Gasteiger partial charge in [-0.05, 0) is 86.1 Å². The van der Waals surface area contributed by atoms with Crippen LogP contribution in [0.25, 0.3) is 0 Å². The lowest BCUT2D eigenvalue weighted by atomic mass is 10.1. The molecule has 0 bridgehead atoms. The van der Waals surface area contributed by atoms with Crippen molar-refractivity contribution in [1.29, 1.82) is 0 Å². The number of amides is 2. The molecule has 0 spiro atoms. The zero-order valence-electron chi connectivity index (χ0n) is 21.5. The van der Waals surface area contributed by atoms with Crippen LogP contribution in [0.3, 0.4) is 0 Å². The highest BCUT2D eigenvalue weighted by molar-refractivity contribution is 6.04. The second-order valence-corrected chi connectivity index (χ2v) is 8.49. The van der Waals surface area contributed by atoms with Gasteiger partial charge >= 0.3 is 5.97 Å². The molecule has 0 saturated carbocycles. The molecule has 39 heavy (non-hydrogen) atoms. The maximum absolute atomic E-state index is 12.5. The fourth-order valence-electron chi connectivity index (χ4n) is 3.53. The van der Waals surface area contributed by atoms with E-state index in [0.29, 0.717) is 40.3 Å². The molecule has 0 aliphatic rings. The van der Waals surface area contributed by atoms with E-state index >= 15 is 0 Å². The molecule has 0 heterocycles. The number of esters is 1. The van der Waals surface area contributed by atoms with Gasteiger partial charge in [-0.15, -0.1) is 0 Å². The van der Waals surface area contributed by atoms with Gasteiger partial charge in [0.05, 0.1) is 18.4 Å². The topological polar surface area (TPSA) is 106 Å². The number of anilines is 1. The predicted octanol–water partition coefficient (Wildman–Crippen LogP) is 5.63. The van der Waals surface area contributed by atoms with Crippen molar-refractivity contribution in [1.82, 2.24) is 5.43 Å². The van der Waals surface area contributed by atoms with E-state index in [0.717, 1.165) is 5.56 Å². The number of ether oxygens (including phenoxy) is 2. The van der Waals surface area contributed by atoms with Crippen molar-refractivity contribution in [3.63, 3.8) is 0 Å². The average Bonchev–Trinajstić information content (AvgIpc) is 2.95. The predicted molar refractivity (Wildman–Crippen MR) is 150 cm³/mol. The fourth-order valence-corrected chi connectivity index (χ4v) is 3.53. The number of hydrazone groups is 1. The van der Waals surface area contributed by atoms with E-state index in [4.69, 9.17) is 9.47 Å². The Morgan fingerprint density at radius 2 is 1.44 bits per heavy atom. The molecule has 0 unspecified atom stereocenters. The summed E-state index contributed by atoms with van der Waals surface area (Å²) in [5.41, 5.74) is 6.09. The first-order valence-electron chi connectivity index (χ1n) is 12.3. The number of benzene rings is 4. The number of carbonyl (C=O) groups is 3. The van der Waals surface area contributed by atoms with Crippen LogP contribution < -0.4 is 20.2 Å². The zero-order valence-corrected chi connectivity index (χ0v) is 21.5. The summed E-state index contributed by atoms with van der Waals surface area (Å²) < 4.78 is 11.1. The third-order valence-corrected chi connectivity index (χ3v) is 5.58. The van der Waals surface area contributed by atoms with Crippen LogP contribution in [0, 0.1) is 6.92 Å². The Balaban J connectivity index is 1.35. The lowest BCUT2D eigenvalue weighted by Gasteiger charge is -2.11. The molecule has 4 rings (SSSR count). The van der Waals surface area contributed by atoms with E-state index in [9.17, 15) is 14.4 Å². The monoisotopic (exact) mass is 521 g/mol. The Bertz CT molecular complexity index is 1480. The summed E-state index contributed by atoms with van der Waals surface area (Å²) in [6.07, 6.45) is 1.46. The van der Waals surface area contributed by atoms with E-state index in [1.165, 1.54) is 6.21 Å². The van der Waals surface area contributed by atoms with Crippen molar-refractivity contribution in [2.75, 3.05) is 11.9 Å². The molecule has 0 aliphatic heterocycles. The van der Waals surface area contributed by atoms with Gasteiger partial charge in [0, 0.05) is 16.8 Å². The number of hydrogen-bond acceptors (Lipinski definition) is 6. The van der Waals surface area contributed by atoms with Crippen molar-refractivity contribution in [3.05, 3.63) is 125 Å². The molecule has 0 aliphatic carbocycles. The van der Waals surface area contributed by atoms with Crippen LogP contribution in [-0.2, 0) is 0 Å². The minimum atomic E-state index is -0.494. The smallest absolute Gasteiger partial charge is 0.343 e. The van der Waals surface area contributed by atoms with E-state index in [-0.39, 0.29) is 11.7 Å². The summed E-state index contributed by atoms with van der Waals surface area (Å²) in [6, 6.07) is 27.4. The van der Waals surface area contributed by atoms with Crippen LogP contribution in [0.5, 0.6) is 11.5 Å². The van der Waals surface area contributed by atoms with Crippen molar-refractivity contribution >= 4 is 29.7 Å². The Morgan fingerprint density at radius 1 is 0.769 bits per heavy atom. The van der Waals surface area contributed by atoms with E-state index < -0.39 is 11.9 Å². The Hall–Kier alpha value is -5.24. The highest BCUT2D eigenvalue weighted by atomic mass is 16.6. The van der Waals surface area contributed by atoms with Crippen molar-refractivity contribution < 1.29 is 23.9 Å². The number of hydrogen-bond donors (Lipinski definition) is 2. The van der Waals surface area contributed by atoms with Crippen molar-refractivity contribution in [3.8, 4) is 11.5 Å². The number of rotatable bonds is 9. The summed E-state index contributed by atoms with van der Waals surface area (Å²) in [7, 11) is 0. The summed E-state index contributed by atoms with van der Waals surface area (Å²) in [4.78, 5) is 37.3. The highest BCUT2D eigenvalue weighted by Gasteiger charge is 2.13. The van der Waals surface area contributed by atoms with Gasteiger partial charge in [-0.25, -0.2) is 10.2 Å².